The summed E-state index contributed by atoms with van der Waals surface area (Å²) in [6.45, 7) is 6.83. The van der Waals surface area contributed by atoms with Crippen molar-refractivity contribution in [2.45, 2.75) is 26.2 Å². The molecule has 15 aromatic rings. The highest BCUT2D eigenvalue weighted by molar-refractivity contribution is 7.03. The Morgan fingerprint density at radius 1 is 0.264 bits per heavy atom. The summed E-state index contributed by atoms with van der Waals surface area (Å²) in [5, 5.41) is 7.41. The lowest BCUT2D eigenvalue weighted by Crippen LogP contribution is -2.65. The molecular formula is C84H59B2N5. The van der Waals surface area contributed by atoms with Crippen molar-refractivity contribution in [3.63, 3.8) is 0 Å². The van der Waals surface area contributed by atoms with E-state index in [1.807, 2.05) is 0 Å². The number of para-hydroxylation sites is 6. The van der Waals surface area contributed by atoms with Crippen LogP contribution in [0.2, 0.25) is 0 Å². The number of fused-ring (bicyclic) bond motifs is 14. The molecule has 14 aromatic carbocycles. The second kappa shape index (κ2) is 19.6. The van der Waals surface area contributed by atoms with Crippen LogP contribution in [0.3, 0.4) is 0 Å². The number of benzene rings is 14. The third-order valence-electron chi connectivity index (χ3n) is 20.0. The maximum Gasteiger partial charge on any atom is 0.252 e. The van der Waals surface area contributed by atoms with Gasteiger partial charge in [0.1, 0.15) is 0 Å². The molecule has 0 N–H and O–H groups in total. The van der Waals surface area contributed by atoms with E-state index in [9.17, 15) is 0 Å². The summed E-state index contributed by atoms with van der Waals surface area (Å²) in [6, 6.07) is 114. The summed E-state index contributed by atoms with van der Waals surface area (Å²) in [4.78, 5) is 10.3. The summed E-state index contributed by atoms with van der Waals surface area (Å²) in [5.74, 6) is 0. The minimum Gasteiger partial charge on any atom is -0.311 e. The summed E-state index contributed by atoms with van der Waals surface area (Å²) in [5.41, 5.74) is 28.6. The summed E-state index contributed by atoms with van der Waals surface area (Å²) in [6.07, 6.45) is 0. The van der Waals surface area contributed by atoms with Gasteiger partial charge in [-0.15, -0.1) is 0 Å². The predicted molar refractivity (Wildman–Crippen MR) is 388 cm³/mol. The molecule has 0 bridgehead atoms. The molecule has 4 aliphatic rings. The molecule has 5 heterocycles. The van der Waals surface area contributed by atoms with Gasteiger partial charge in [0.05, 0.1) is 16.7 Å². The average molecular weight is 1160 g/mol. The zero-order chi connectivity index (χ0) is 60.2. The molecule has 0 fully saturated rings. The maximum atomic E-state index is 2.64. The first kappa shape index (κ1) is 51.7. The quantitative estimate of drug-likeness (QED) is 0.154. The third kappa shape index (κ3) is 7.68. The van der Waals surface area contributed by atoms with Crippen LogP contribution in [0.15, 0.2) is 303 Å². The lowest BCUT2D eigenvalue weighted by Gasteiger charge is -2.47. The van der Waals surface area contributed by atoms with E-state index in [2.05, 4.69) is 348 Å². The highest BCUT2D eigenvalue weighted by Crippen LogP contribution is 2.51. The van der Waals surface area contributed by atoms with Crippen molar-refractivity contribution in [2.24, 2.45) is 0 Å². The molecule has 426 valence electrons. The van der Waals surface area contributed by atoms with E-state index in [1.54, 1.807) is 0 Å². The summed E-state index contributed by atoms with van der Waals surface area (Å²) < 4.78 is 2.56. The molecule has 5 nitrogen and oxygen atoms in total. The molecule has 0 atom stereocenters. The van der Waals surface area contributed by atoms with Crippen LogP contribution in [0, 0.1) is 0 Å². The highest BCUT2D eigenvalue weighted by atomic mass is 15.2. The van der Waals surface area contributed by atoms with Gasteiger partial charge >= 0.3 is 0 Å². The van der Waals surface area contributed by atoms with Crippen LogP contribution in [0.4, 0.5) is 68.2 Å². The Hall–Kier alpha value is -11.3. The molecule has 0 spiro atoms. The highest BCUT2D eigenvalue weighted by Gasteiger charge is 2.49. The first-order valence-corrected chi connectivity index (χ1v) is 31.9. The van der Waals surface area contributed by atoms with E-state index >= 15 is 0 Å². The van der Waals surface area contributed by atoms with Crippen LogP contribution >= 0.6 is 0 Å². The molecule has 4 aliphatic heterocycles. The van der Waals surface area contributed by atoms with Gasteiger partial charge in [0.15, 0.2) is 0 Å². The molecule has 0 radical (unpaired) electrons. The second-order valence-corrected chi connectivity index (χ2v) is 26.0. The fourth-order valence-corrected chi connectivity index (χ4v) is 16.0. The van der Waals surface area contributed by atoms with Crippen molar-refractivity contribution in [3.05, 3.63) is 309 Å². The minimum absolute atomic E-state index is 0.0864. The van der Waals surface area contributed by atoms with E-state index in [-0.39, 0.29) is 18.8 Å². The van der Waals surface area contributed by atoms with E-state index < -0.39 is 0 Å². The monoisotopic (exact) mass is 1160 g/mol. The van der Waals surface area contributed by atoms with Crippen molar-refractivity contribution in [1.29, 1.82) is 0 Å². The molecule has 0 unspecified atom stereocenters. The molecule has 91 heavy (non-hydrogen) atoms. The average Bonchev–Trinajstić information content (AvgIpc) is 1.57. The van der Waals surface area contributed by atoms with E-state index in [0.29, 0.717) is 0 Å². The van der Waals surface area contributed by atoms with E-state index in [1.165, 1.54) is 110 Å². The molecule has 0 aliphatic carbocycles. The fraction of sp³-hybridized carbons (Fsp3) is 0.0476. The van der Waals surface area contributed by atoms with Gasteiger partial charge in [0.2, 0.25) is 0 Å². The third-order valence-corrected chi connectivity index (χ3v) is 20.0. The van der Waals surface area contributed by atoms with Crippen LogP contribution in [-0.4, -0.2) is 18.0 Å². The lowest BCUT2D eigenvalue weighted by molar-refractivity contribution is 0.590. The number of nitrogens with zero attached hydrogens (tertiary/aromatic N) is 5. The molecule has 7 heteroatoms. The van der Waals surface area contributed by atoms with Crippen LogP contribution in [0.1, 0.15) is 26.3 Å². The molecule has 0 amide bonds. The molecule has 0 saturated carbocycles. The molecule has 0 saturated heterocycles. The first-order valence-electron chi connectivity index (χ1n) is 31.9. The number of rotatable bonds is 6. The van der Waals surface area contributed by atoms with Crippen molar-refractivity contribution >= 4 is 158 Å². The van der Waals surface area contributed by atoms with Gasteiger partial charge in [-0.1, -0.05) is 209 Å². The molecule has 19 rings (SSSR count). The Morgan fingerprint density at radius 3 is 1.22 bits per heavy atom. The van der Waals surface area contributed by atoms with Crippen molar-refractivity contribution in [1.82, 2.24) is 4.57 Å². The Bertz CT molecular complexity index is 5500. The molecule has 1 aromatic heterocycles. The second-order valence-electron chi connectivity index (χ2n) is 26.0. The summed E-state index contributed by atoms with van der Waals surface area (Å²) in [7, 11) is 0. The molecular weight excluding hydrogens is 1100 g/mol. The summed E-state index contributed by atoms with van der Waals surface area (Å²) >= 11 is 0. The van der Waals surface area contributed by atoms with Crippen LogP contribution in [0.5, 0.6) is 0 Å². The van der Waals surface area contributed by atoms with Crippen molar-refractivity contribution in [2.75, 3.05) is 19.6 Å². The Morgan fingerprint density at radius 2 is 0.681 bits per heavy atom. The van der Waals surface area contributed by atoms with Gasteiger partial charge in [0.25, 0.3) is 13.4 Å². The maximum absolute atomic E-state index is 2.64. The smallest absolute Gasteiger partial charge is 0.252 e. The number of hydrogen-bond donors (Lipinski definition) is 0. The van der Waals surface area contributed by atoms with E-state index in [0.717, 1.165) is 56.5 Å². The van der Waals surface area contributed by atoms with Gasteiger partial charge in [0, 0.05) is 79.0 Å². The Labute approximate surface area is 530 Å². The van der Waals surface area contributed by atoms with Gasteiger partial charge in [-0.3, -0.25) is 0 Å². The Kier molecular flexibility index (Phi) is 11.2. The zero-order valence-corrected chi connectivity index (χ0v) is 50.8. The van der Waals surface area contributed by atoms with Gasteiger partial charge in [-0.25, -0.2) is 0 Å². The van der Waals surface area contributed by atoms with Gasteiger partial charge in [-0.05, 0) is 192 Å². The minimum atomic E-state index is -0.160. The van der Waals surface area contributed by atoms with E-state index in [4.69, 9.17) is 0 Å². The van der Waals surface area contributed by atoms with Gasteiger partial charge < -0.3 is 24.2 Å². The van der Waals surface area contributed by atoms with Crippen LogP contribution in [0.25, 0.3) is 60.2 Å². The first-order chi connectivity index (χ1) is 44.8. The van der Waals surface area contributed by atoms with Crippen LogP contribution < -0.4 is 52.4 Å². The predicted octanol–water partition coefficient (Wildman–Crippen LogP) is 18.2. The van der Waals surface area contributed by atoms with Crippen LogP contribution in [-0.2, 0) is 5.41 Å². The number of hydrogen-bond acceptors (Lipinski definition) is 4. The number of anilines is 12. The normalized spacial score (nSPS) is 13.5. The standard InChI is InChI=1S/C84H59B2N5/c1-84(2,3)59-48-77-82-78(49-59)89(62-31-12-6-13-32-62)75-53-76-70(52-69(75)85(82)67-36-20-22-38-72(67)87(77)60-27-8-4-9-28-60)86-68-37-21-23-39-73(68)88(61-29-10-5-11-30-61)79-50-64(51-80(83(79)86)90(76)63-33-14-7-15-34-63)91-71-44-43-58(57-41-40-54-24-16-17-26-56(54)46-57)47-66(71)81-65-35-19-18-25-55(65)42-45-74(81)91/h4-53H,1-3H3. The SMILES string of the molecule is CC(C)(C)c1cc2c3c(c1)N(c1ccccc1)c1cc4c(cc1B3c1ccccc1N2c1ccccc1)B1c2ccccc2N(c2ccccc2)c2cc(-n3c5ccc(-c6ccc7ccccc7c6)cc5c5c6ccccc6ccc53)cc(c21)N4c1ccccc1. The topological polar surface area (TPSA) is 17.9 Å². The zero-order valence-electron chi connectivity index (χ0n) is 50.8. The lowest BCUT2D eigenvalue weighted by atomic mass is 9.30. The Balaban J connectivity index is 0.923. The van der Waals surface area contributed by atoms with Crippen molar-refractivity contribution in [3.8, 4) is 16.8 Å². The largest absolute Gasteiger partial charge is 0.311 e. The van der Waals surface area contributed by atoms with Gasteiger partial charge in [-0.2, -0.15) is 0 Å². The number of aromatic nitrogens is 1. The fourth-order valence-electron chi connectivity index (χ4n) is 16.0. The van der Waals surface area contributed by atoms with Crippen molar-refractivity contribution < 1.29 is 0 Å².